The van der Waals surface area contributed by atoms with E-state index in [1.165, 1.54) is 11.2 Å². The van der Waals surface area contributed by atoms with E-state index in [1.54, 1.807) is 18.2 Å². The Morgan fingerprint density at radius 2 is 1.77 bits per heavy atom. The third-order valence-corrected chi connectivity index (χ3v) is 7.27. The van der Waals surface area contributed by atoms with E-state index in [2.05, 4.69) is 15.6 Å². The lowest BCUT2D eigenvalue weighted by Crippen LogP contribution is -2.57. The number of hydrogen-bond donors (Lipinski definition) is 2. The Labute approximate surface area is 248 Å². The highest BCUT2D eigenvalue weighted by Gasteiger charge is 2.40. The van der Waals surface area contributed by atoms with Gasteiger partial charge in [-0.1, -0.05) is 61.5 Å². The summed E-state index contributed by atoms with van der Waals surface area (Å²) in [5.74, 6) is -2.63. The number of cyclic esters (lactones) is 1. The zero-order valence-electron chi connectivity index (χ0n) is 23.7. The summed E-state index contributed by atoms with van der Waals surface area (Å²) in [6, 6.07) is 16.5. The Balaban J connectivity index is 1.29. The minimum absolute atomic E-state index is 0.00185. The fraction of sp³-hybridized carbons (Fsp3) is 0.355. The van der Waals surface area contributed by atoms with Gasteiger partial charge in [0.15, 0.2) is 0 Å². The maximum atomic E-state index is 13.8. The van der Waals surface area contributed by atoms with E-state index in [-0.39, 0.29) is 44.0 Å². The monoisotopic (exact) mass is 587 g/mol. The molecule has 2 aliphatic rings. The predicted molar refractivity (Wildman–Crippen MR) is 154 cm³/mol. The second kappa shape index (κ2) is 13.4. The molecular formula is C31H33N5O7. The van der Waals surface area contributed by atoms with Crippen molar-refractivity contribution in [2.24, 2.45) is 0 Å². The topological polar surface area (TPSA) is 147 Å². The van der Waals surface area contributed by atoms with Crippen LogP contribution in [-0.4, -0.2) is 76.1 Å². The average molecular weight is 588 g/mol. The van der Waals surface area contributed by atoms with Gasteiger partial charge < -0.3 is 20.1 Å². The molecule has 3 atom stereocenters. The summed E-state index contributed by atoms with van der Waals surface area (Å²) in [7, 11) is 0. The van der Waals surface area contributed by atoms with Crippen LogP contribution in [-0.2, 0) is 35.3 Å². The quantitative estimate of drug-likeness (QED) is 0.343. The number of rotatable bonds is 10. The molecule has 2 saturated heterocycles. The molecule has 43 heavy (non-hydrogen) atoms. The summed E-state index contributed by atoms with van der Waals surface area (Å²) < 4.78 is 11.0. The van der Waals surface area contributed by atoms with Crippen molar-refractivity contribution >= 4 is 40.4 Å². The zero-order chi connectivity index (χ0) is 30.3. The predicted octanol–water partition coefficient (Wildman–Crippen LogP) is 2.08. The fourth-order valence-electron chi connectivity index (χ4n) is 5.18. The van der Waals surface area contributed by atoms with E-state index >= 15 is 0 Å². The number of fused-ring (bicyclic) bond motifs is 1. The zero-order valence-corrected chi connectivity index (χ0v) is 23.7. The summed E-state index contributed by atoms with van der Waals surface area (Å²) in [5, 5.41) is 9.23. The number of carbonyl (C=O) groups excluding carboxylic acids is 5. The smallest absolute Gasteiger partial charge is 0.310 e. The number of esters is 1. The van der Waals surface area contributed by atoms with Crippen LogP contribution in [0.3, 0.4) is 0 Å². The molecule has 0 bridgehead atoms. The van der Waals surface area contributed by atoms with E-state index in [1.807, 2.05) is 49.4 Å². The molecule has 2 aromatic carbocycles. The molecule has 1 aromatic heterocycles. The minimum Gasteiger partial charge on any atom is -0.433 e. The number of carbonyl (C=O) groups is 5. The maximum absolute atomic E-state index is 13.8. The number of ether oxygens (including phenoxy) is 2. The van der Waals surface area contributed by atoms with Crippen molar-refractivity contribution in [2.75, 3.05) is 13.1 Å². The molecule has 5 rings (SSSR count). The number of nitrogens with one attached hydrogen (secondary N) is 2. The third-order valence-electron chi connectivity index (χ3n) is 7.27. The molecule has 2 fully saturated rings. The number of benzene rings is 2. The molecular weight excluding hydrogens is 554 g/mol. The summed E-state index contributed by atoms with van der Waals surface area (Å²) in [4.78, 5) is 69.6. The normalized spacial score (nSPS) is 20.6. The molecule has 0 aliphatic carbocycles. The standard InChI is InChI=1S/C31H33N5O7/c1-2-16-35-26(38)13-12-23(34-29(40)28-22-11-7-6-10-21(22)14-15-32-28)30(41)36(35)18-25(37)33-24-17-27(39)43-31(24)42-19-20-8-4-3-5-9-20/h3-11,14-15,23-24,31H,2,12-13,16-19H2,1H3,(H,33,37)(H,34,40)/t23-,24+,31-/m0/s1. The van der Waals surface area contributed by atoms with Gasteiger partial charge in [0.1, 0.15) is 24.3 Å². The van der Waals surface area contributed by atoms with Gasteiger partial charge in [0, 0.05) is 24.5 Å². The number of hydrogen-bond acceptors (Lipinski definition) is 8. The van der Waals surface area contributed by atoms with Crippen LogP contribution in [0.2, 0.25) is 0 Å². The lowest BCUT2D eigenvalue weighted by Gasteiger charge is -2.34. The number of nitrogens with zero attached hydrogens (tertiary/aromatic N) is 3. The SMILES string of the molecule is CCCN1C(=O)CC[C@H](NC(=O)c2nccc3ccccc23)C(=O)N1CC(=O)N[C@@H]1CC(=O)O[C@@H]1OCc1ccccc1. The van der Waals surface area contributed by atoms with Gasteiger partial charge in [0.25, 0.3) is 11.8 Å². The molecule has 224 valence electrons. The first-order valence-electron chi connectivity index (χ1n) is 14.2. The van der Waals surface area contributed by atoms with E-state index in [0.29, 0.717) is 11.8 Å². The third kappa shape index (κ3) is 6.97. The second-order valence-corrected chi connectivity index (χ2v) is 10.4. The van der Waals surface area contributed by atoms with Crippen molar-refractivity contribution in [3.8, 4) is 0 Å². The molecule has 0 unspecified atom stereocenters. The van der Waals surface area contributed by atoms with E-state index < -0.39 is 48.6 Å². The van der Waals surface area contributed by atoms with Gasteiger partial charge in [-0.15, -0.1) is 0 Å². The largest absolute Gasteiger partial charge is 0.433 e. The van der Waals surface area contributed by atoms with Gasteiger partial charge in [-0.05, 0) is 29.9 Å². The lowest BCUT2D eigenvalue weighted by molar-refractivity contribution is -0.169. The summed E-state index contributed by atoms with van der Waals surface area (Å²) >= 11 is 0. The van der Waals surface area contributed by atoms with Crippen molar-refractivity contribution in [1.29, 1.82) is 0 Å². The number of pyridine rings is 1. The van der Waals surface area contributed by atoms with E-state index in [0.717, 1.165) is 16.0 Å². The molecule has 12 nitrogen and oxygen atoms in total. The van der Waals surface area contributed by atoms with Gasteiger partial charge >= 0.3 is 5.97 Å². The Hall–Kier alpha value is -4.84. The highest BCUT2D eigenvalue weighted by atomic mass is 16.7. The Morgan fingerprint density at radius 3 is 2.56 bits per heavy atom. The van der Waals surface area contributed by atoms with Crippen LogP contribution < -0.4 is 10.6 Å². The summed E-state index contributed by atoms with van der Waals surface area (Å²) in [6.07, 6.45) is 1.00. The van der Waals surface area contributed by atoms with Crippen LogP contribution >= 0.6 is 0 Å². The number of hydrazine groups is 1. The van der Waals surface area contributed by atoms with Gasteiger partial charge in [-0.25, -0.2) is 5.01 Å². The number of aromatic nitrogens is 1. The van der Waals surface area contributed by atoms with E-state index in [9.17, 15) is 24.0 Å². The molecule has 12 heteroatoms. The van der Waals surface area contributed by atoms with Crippen LogP contribution in [0.15, 0.2) is 66.9 Å². The molecule has 2 aliphatic heterocycles. The van der Waals surface area contributed by atoms with Crippen LogP contribution in [0.1, 0.15) is 48.7 Å². The van der Waals surface area contributed by atoms with Crippen molar-refractivity contribution in [2.45, 2.75) is 57.6 Å². The first-order valence-corrected chi connectivity index (χ1v) is 14.2. The molecule has 4 amide bonds. The molecule has 0 spiro atoms. The summed E-state index contributed by atoms with van der Waals surface area (Å²) in [5.41, 5.74) is 1.02. The summed E-state index contributed by atoms with van der Waals surface area (Å²) in [6.45, 7) is 1.72. The first-order chi connectivity index (χ1) is 20.8. The highest BCUT2D eigenvalue weighted by molar-refractivity contribution is 6.06. The lowest BCUT2D eigenvalue weighted by atomic mass is 10.1. The maximum Gasteiger partial charge on any atom is 0.310 e. The molecule has 3 heterocycles. The van der Waals surface area contributed by atoms with Crippen molar-refractivity contribution in [1.82, 2.24) is 25.6 Å². The number of amides is 4. The molecule has 0 saturated carbocycles. The fourth-order valence-corrected chi connectivity index (χ4v) is 5.18. The highest BCUT2D eigenvalue weighted by Crippen LogP contribution is 2.21. The second-order valence-electron chi connectivity index (χ2n) is 10.4. The van der Waals surface area contributed by atoms with Gasteiger partial charge in [0.2, 0.25) is 18.1 Å². The molecule has 0 radical (unpaired) electrons. The van der Waals surface area contributed by atoms with Crippen LogP contribution in [0, 0.1) is 0 Å². The Kier molecular flexibility index (Phi) is 9.26. The Bertz CT molecular complexity index is 1510. The Morgan fingerprint density at radius 1 is 1.00 bits per heavy atom. The van der Waals surface area contributed by atoms with Gasteiger partial charge in [0.05, 0.1) is 13.0 Å². The van der Waals surface area contributed by atoms with Crippen molar-refractivity contribution in [3.05, 3.63) is 78.1 Å². The van der Waals surface area contributed by atoms with Crippen molar-refractivity contribution in [3.63, 3.8) is 0 Å². The average Bonchev–Trinajstić information content (AvgIpc) is 3.32. The molecule has 3 aromatic rings. The van der Waals surface area contributed by atoms with Crippen LogP contribution in [0.5, 0.6) is 0 Å². The first kappa shape index (κ1) is 29.6. The minimum atomic E-state index is -1.06. The van der Waals surface area contributed by atoms with Gasteiger partial charge in [-0.2, -0.15) is 0 Å². The van der Waals surface area contributed by atoms with Crippen molar-refractivity contribution < 1.29 is 33.4 Å². The van der Waals surface area contributed by atoms with Crippen LogP contribution in [0.25, 0.3) is 10.8 Å². The van der Waals surface area contributed by atoms with E-state index in [4.69, 9.17) is 9.47 Å². The van der Waals surface area contributed by atoms with Crippen LogP contribution in [0.4, 0.5) is 0 Å². The van der Waals surface area contributed by atoms with Gasteiger partial charge in [-0.3, -0.25) is 34.0 Å². The molecule has 2 N–H and O–H groups in total.